The third-order valence-corrected chi connectivity index (χ3v) is 5.92. The van der Waals surface area contributed by atoms with Gasteiger partial charge in [-0.3, -0.25) is 9.59 Å². The topological polar surface area (TPSA) is 67.9 Å². The molecule has 0 aliphatic carbocycles. The Bertz CT molecular complexity index is 1190. The second kappa shape index (κ2) is 9.06. The molecule has 32 heavy (non-hydrogen) atoms. The van der Waals surface area contributed by atoms with E-state index in [1.165, 1.54) is 23.3 Å². The van der Waals surface area contributed by atoms with Crippen molar-refractivity contribution >= 4 is 51.7 Å². The molecular weight excluding hydrogens is 448 g/mol. The van der Waals surface area contributed by atoms with E-state index in [1.807, 2.05) is 31.4 Å². The van der Waals surface area contributed by atoms with E-state index in [1.54, 1.807) is 42.5 Å². The average Bonchev–Trinajstić information content (AvgIpc) is 3.36. The number of hydrogen-bond donors (Lipinski definition) is 1. The summed E-state index contributed by atoms with van der Waals surface area (Å²) in [7, 11) is 1.53. The summed E-state index contributed by atoms with van der Waals surface area (Å²) in [6, 6.07) is 15.6. The van der Waals surface area contributed by atoms with E-state index in [9.17, 15) is 9.59 Å². The second-order valence-corrected chi connectivity index (χ2v) is 8.66. The van der Waals surface area contributed by atoms with E-state index in [0.717, 1.165) is 0 Å². The second-order valence-electron chi connectivity index (χ2n) is 7.31. The van der Waals surface area contributed by atoms with Gasteiger partial charge in [0.1, 0.15) is 17.2 Å². The highest BCUT2D eigenvalue weighted by molar-refractivity contribution is 7.11. The van der Waals surface area contributed by atoms with Crippen molar-refractivity contribution in [1.29, 1.82) is 0 Å². The molecule has 0 bridgehead atoms. The van der Waals surface area contributed by atoms with Crippen LogP contribution in [0.1, 0.15) is 18.7 Å². The van der Waals surface area contributed by atoms with E-state index in [4.69, 9.17) is 21.1 Å². The maximum absolute atomic E-state index is 13.4. The lowest BCUT2D eigenvalue weighted by Gasteiger charge is -2.17. The van der Waals surface area contributed by atoms with E-state index in [2.05, 4.69) is 5.32 Å². The van der Waals surface area contributed by atoms with E-state index in [0.29, 0.717) is 38.3 Å². The highest BCUT2D eigenvalue weighted by atomic mass is 35.5. The van der Waals surface area contributed by atoms with Crippen LogP contribution < -0.4 is 19.7 Å². The fraction of sp³-hybridized carbons (Fsp3) is 0.167. The zero-order valence-electron chi connectivity index (χ0n) is 17.7. The monoisotopic (exact) mass is 468 g/mol. The summed E-state index contributed by atoms with van der Waals surface area (Å²) in [5.74, 6) is 0.351. The van der Waals surface area contributed by atoms with Crippen LogP contribution in [0.25, 0.3) is 5.57 Å². The Morgan fingerprint density at radius 1 is 1.03 bits per heavy atom. The maximum atomic E-state index is 13.4. The van der Waals surface area contributed by atoms with Gasteiger partial charge in [0.05, 0.1) is 29.5 Å². The Balaban J connectivity index is 1.70. The number of nitrogens with zero attached hydrogens (tertiary/aromatic N) is 1. The molecule has 0 saturated heterocycles. The van der Waals surface area contributed by atoms with Gasteiger partial charge >= 0.3 is 0 Å². The SMILES string of the molecule is COc1ccc(NC2=C(c3cccs3)C(=O)N(c3ccc(OC(C)C)cc3)C2=O)cc1Cl. The summed E-state index contributed by atoms with van der Waals surface area (Å²) in [6.45, 7) is 3.87. The molecule has 4 rings (SSSR count). The zero-order valence-corrected chi connectivity index (χ0v) is 19.3. The number of ether oxygens (including phenoxy) is 2. The summed E-state index contributed by atoms with van der Waals surface area (Å²) in [4.78, 5) is 28.6. The minimum atomic E-state index is -0.442. The highest BCUT2D eigenvalue weighted by Gasteiger charge is 2.40. The van der Waals surface area contributed by atoms with E-state index in [-0.39, 0.29) is 11.8 Å². The first-order chi connectivity index (χ1) is 15.4. The van der Waals surface area contributed by atoms with Gasteiger partial charge in [-0.1, -0.05) is 17.7 Å². The molecule has 0 saturated carbocycles. The number of anilines is 2. The van der Waals surface area contributed by atoms with Crippen LogP contribution in [0.2, 0.25) is 5.02 Å². The van der Waals surface area contributed by atoms with Crippen LogP contribution in [0.3, 0.4) is 0 Å². The number of nitrogens with one attached hydrogen (secondary N) is 1. The van der Waals surface area contributed by atoms with Gasteiger partial charge in [0, 0.05) is 10.6 Å². The zero-order chi connectivity index (χ0) is 22.8. The van der Waals surface area contributed by atoms with Gasteiger partial charge in [-0.05, 0) is 67.8 Å². The molecule has 164 valence electrons. The molecule has 0 radical (unpaired) electrons. The molecule has 3 aromatic rings. The van der Waals surface area contributed by atoms with Crippen LogP contribution in [0.4, 0.5) is 11.4 Å². The molecule has 0 atom stereocenters. The molecule has 8 heteroatoms. The smallest absolute Gasteiger partial charge is 0.282 e. The van der Waals surface area contributed by atoms with Crippen molar-refractivity contribution < 1.29 is 19.1 Å². The standard InChI is InChI=1S/C24H21ClN2O4S/c1-14(2)31-17-9-7-16(8-10-17)27-23(28)21(20-5-4-12-32-20)22(24(27)29)26-15-6-11-19(30-3)18(25)13-15/h4-14,26H,1-3H3. The number of hydrogen-bond acceptors (Lipinski definition) is 6. The minimum absolute atomic E-state index is 0.0233. The molecule has 2 aromatic carbocycles. The van der Waals surface area contributed by atoms with Crippen molar-refractivity contribution in [3.8, 4) is 11.5 Å². The Labute approximate surface area is 195 Å². The number of rotatable bonds is 7. The Morgan fingerprint density at radius 2 is 1.78 bits per heavy atom. The van der Waals surface area contributed by atoms with Crippen molar-refractivity contribution in [2.75, 3.05) is 17.3 Å². The molecule has 1 aliphatic heterocycles. The van der Waals surface area contributed by atoms with Crippen molar-refractivity contribution in [3.63, 3.8) is 0 Å². The van der Waals surface area contributed by atoms with Gasteiger partial charge in [0.2, 0.25) is 0 Å². The molecule has 6 nitrogen and oxygen atoms in total. The quantitative estimate of drug-likeness (QED) is 0.457. The Morgan fingerprint density at radius 3 is 2.38 bits per heavy atom. The van der Waals surface area contributed by atoms with Crippen LogP contribution in [0.15, 0.2) is 65.7 Å². The molecule has 1 aliphatic rings. The normalized spacial score (nSPS) is 13.8. The van der Waals surface area contributed by atoms with Crippen LogP contribution in [-0.2, 0) is 9.59 Å². The fourth-order valence-corrected chi connectivity index (χ4v) is 4.39. The average molecular weight is 469 g/mol. The predicted molar refractivity (Wildman–Crippen MR) is 128 cm³/mol. The lowest BCUT2D eigenvalue weighted by Crippen LogP contribution is -2.32. The van der Waals surface area contributed by atoms with Crippen molar-refractivity contribution in [3.05, 3.63) is 75.6 Å². The van der Waals surface area contributed by atoms with Gasteiger partial charge in [-0.25, -0.2) is 4.90 Å². The first-order valence-corrected chi connectivity index (χ1v) is 11.2. The maximum Gasteiger partial charge on any atom is 0.282 e. The first kappa shape index (κ1) is 21.9. The lowest BCUT2D eigenvalue weighted by molar-refractivity contribution is -0.120. The third kappa shape index (κ3) is 4.22. The number of carbonyl (C=O) groups is 2. The van der Waals surface area contributed by atoms with E-state index >= 15 is 0 Å². The lowest BCUT2D eigenvalue weighted by atomic mass is 10.2. The fourth-order valence-electron chi connectivity index (χ4n) is 3.36. The van der Waals surface area contributed by atoms with Gasteiger partial charge in [0.15, 0.2) is 0 Å². The summed E-state index contributed by atoms with van der Waals surface area (Å²) in [5, 5.41) is 5.36. The van der Waals surface area contributed by atoms with Crippen molar-refractivity contribution in [2.24, 2.45) is 0 Å². The summed E-state index contributed by atoms with van der Waals surface area (Å²) in [6.07, 6.45) is 0.0233. The number of methoxy groups -OCH3 is 1. The number of imide groups is 1. The van der Waals surface area contributed by atoms with Crippen LogP contribution in [-0.4, -0.2) is 25.0 Å². The third-order valence-electron chi connectivity index (χ3n) is 4.74. The summed E-state index contributed by atoms with van der Waals surface area (Å²) in [5.41, 5.74) is 1.55. The molecule has 1 aromatic heterocycles. The molecule has 1 N–H and O–H groups in total. The van der Waals surface area contributed by atoms with Gasteiger partial charge in [-0.2, -0.15) is 0 Å². The van der Waals surface area contributed by atoms with Gasteiger partial charge < -0.3 is 14.8 Å². The van der Waals surface area contributed by atoms with Gasteiger partial charge in [0.25, 0.3) is 11.8 Å². The minimum Gasteiger partial charge on any atom is -0.495 e. The Kier molecular flexibility index (Phi) is 6.21. The molecule has 2 heterocycles. The number of amides is 2. The van der Waals surface area contributed by atoms with Gasteiger partial charge in [-0.15, -0.1) is 11.3 Å². The van der Waals surface area contributed by atoms with Crippen LogP contribution in [0.5, 0.6) is 11.5 Å². The number of thiophene rings is 1. The summed E-state index contributed by atoms with van der Waals surface area (Å²) >= 11 is 7.63. The molecule has 0 fully saturated rings. The van der Waals surface area contributed by atoms with Crippen LogP contribution in [0, 0.1) is 0 Å². The molecule has 0 spiro atoms. The number of benzene rings is 2. The summed E-state index contributed by atoms with van der Waals surface area (Å²) < 4.78 is 10.9. The highest BCUT2D eigenvalue weighted by Crippen LogP contribution is 2.37. The number of carbonyl (C=O) groups excluding carboxylic acids is 2. The molecule has 2 amide bonds. The van der Waals surface area contributed by atoms with Crippen molar-refractivity contribution in [2.45, 2.75) is 20.0 Å². The largest absolute Gasteiger partial charge is 0.495 e. The van der Waals surface area contributed by atoms with Crippen LogP contribution >= 0.6 is 22.9 Å². The molecule has 0 unspecified atom stereocenters. The first-order valence-electron chi connectivity index (χ1n) is 9.93. The predicted octanol–water partition coefficient (Wildman–Crippen LogP) is 5.59. The number of halogens is 1. The van der Waals surface area contributed by atoms with Crippen molar-refractivity contribution in [1.82, 2.24) is 0 Å². The van der Waals surface area contributed by atoms with E-state index < -0.39 is 11.8 Å². The Hall–Kier alpha value is -3.29. The molecular formula is C24H21ClN2O4S.